The van der Waals surface area contributed by atoms with Crippen LogP contribution in [0, 0.1) is 0 Å². The Balaban J connectivity index is 3.72. The summed E-state index contributed by atoms with van der Waals surface area (Å²) in [6.07, 6.45) is 49.6. The Labute approximate surface area is 311 Å². The molecule has 1 amide bonds. The van der Waals surface area contributed by atoms with Gasteiger partial charge in [0.25, 0.3) is 0 Å². The van der Waals surface area contributed by atoms with Gasteiger partial charge < -0.3 is 20.6 Å². The second-order valence-electron chi connectivity index (χ2n) is 14.9. The highest BCUT2D eigenvalue weighted by molar-refractivity contribution is 5.76. The molecule has 5 heteroatoms. The largest absolute Gasteiger partial charge is 0.394 e. The van der Waals surface area contributed by atoms with E-state index in [0.29, 0.717) is 12.8 Å². The summed E-state index contributed by atoms with van der Waals surface area (Å²) >= 11 is 0. The van der Waals surface area contributed by atoms with Crippen molar-refractivity contribution in [2.75, 3.05) is 6.61 Å². The van der Waals surface area contributed by atoms with Crippen molar-refractivity contribution in [3.63, 3.8) is 0 Å². The lowest BCUT2D eigenvalue weighted by molar-refractivity contribution is -0.124. The highest BCUT2D eigenvalue weighted by Crippen LogP contribution is 2.14. The molecule has 3 unspecified atom stereocenters. The third kappa shape index (κ3) is 35.0. The molecular formula is C45H85NO4. The van der Waals surface area contributed by atoms with Gasteiger partial charge in [0.2, 0.25) is 5.91 Å². The molecule has 4 N–H and O–H groups in total. The molecule has 0 saturated carbocycles. The van der Waals surface area contributed by atoms with Crippen LogP contribution in [0.4, 0.5) is 0 Å². The molecule has 0 aliphatic heterocycles. The first-order chi connectivity index (χ1) is 24.6. The van der Waals surface area contributed by atoms with Crippen LogP contribution in [0.5, 0.6) is 0 Å². The van der Waals surface area contributed by atoms with Gasteiger partial charge in [0, 0.05) is 6.42 Å². The number of amides is 1. The van der Waals surface area contributed by atoms with Crippen molar-refractivity contribution < 1.29 is 20.1 Å². The van der Waals surface area contributed by atoms with Gasteiger partial charge in [-0.1, -0.05) is 172 Å². The highest BCUT2D eigenvalue weighted by atomic mass is 16.3. The van der Waals surface area contributed by atoms with Crippen molar-refractivity contribution in [3.05, 3.63) is 36.5 Å². The predicted molar refractivity (Wildman–Crippen MR) is 218 cm³/mol. The molecular weight excluding hydrogens is 618 g/mol. The van der Waals surface area contributed by atoms with Crippen LogP contribution in [0.1, 0.15) is 219 Å². The molecule has 50 heavy (non-hydrogen) atoms. The number of aliphatic hydroxyl groups excluding tert-OH is 3. The summed E-state index contributed by atoms with van der Waals surface area (Å²) in [6.45, 7) is 4.16. The van der Waals surface area contributed by atoms with Crippen LogP contribution in [0.15, 0.2) is 36.5 Å². The maximum absolute atomic E-state index is 12.4. The van der Waals surface area contributed by atoms with E-state index in [4.69, 9.17) is 0 Å². The molecule has 0 aliphatic rings. The van der Waals surface area contributed by atoms with E-state index < -0.39 is 18.2 Å². The standard InChI is InChI=1S/C45H85NO4/c1-3-5-7-9-11-13-15-17-19-21-22-23-24-25-27-29-31-33-35-37-39-43(48)45(50)42(41-47)46-44(49)40-38-36-34-32-30-28-26-20-18-16-14-12-10-8-6-4-2/h20,24-26,31,33,42-43,45,47-48,50H,3-19,21-23,27-30,32,34-41H2,1-2H3,(H,46,49)/b25-24+,26-20-,33-31+. The number of carbonyl (C=O) groups is 1. The first kappa shape index (κ1) is 48.6. The van der Waals surface area contributed by atoms with Gasteiger partial charge >= 0.3 is 0 Å². The molecule has 294 valence electrons. The zero-order valence-corrected chi connectivity index (χ0v) is 33.3. The van der Waals surface area contributed by atoms with Crippen molar-refractivity contribution in [2.24, 2.45) is 0 Å². The van der Waals surface area contributed by atoms with Crippen LogP contribution in [0.3, 0.4) is 0 Å². The molecule has 0 aromatic rings. The number of allylic oxidation sites excluding steroid dienone is 6. The van der Waals surface area contributed by atoms with Gasteiger partial charge in [0.1, 0.15) is 6.10 Å². The van der Waals surface area contributed by atoms with E-state index in [9.17, 15) is 20.1 Å². The lowest BCUT2D eigenvalue weighted by atomic mass is 10.0. The molecule has 0 saturated heterocycles. The molecule has 5 nitrogen and oxygen atoms in total. The maximum atomic E-state index is 12.4. The summed E-state index contributed by atoms with van der Waals surface area (Å²) in [7, 11) is 0. The van der Waals surface area contributed by atoms with Crippen LogP contribution >= 0.6 is 0 Å². The summed E-state index contributed by atoms with van der Waals surface area (Å²) in [6, 6.07) is -0.835. The van der Waals surface area contributed by atoms with Gasteiger partial charge in [-0.2, -0.15) is 0 Å². The van der Waals surface area contributed by atoms with Gasteiger partial charge in [-0.25, -0.2) is 0 Å². The zero-order valence-electron chi connectivity index (χ0n) is 33.3. The van der Waals surface area contributed by atoms with Gasteiger partial charge in [0.05, 0.1) is 18.8 Å². The SMILES string of the molecule is CCCCCCCCC/C=C\CCCCCCCC(=O)NC(CO)C(O)C(O)CCC/C=C/CC/C=C/CCCCCCCCCCCCC. The van der Waals surface area contributed by atoms with E-state index in [1.165, 1.54) is 141 Å². The van der Waals surface area contributed by atoms with Gasteiger partial charge in [-0.3, -0.25) is 4.79 Å². The Morgan fingerprint density at radius 2 is 0.820 bits per heavy atom. The Morgan fingerprint density at radius 1 is 0.480 bits per heavy atom. The Hall–Kier alpha value is -1.43. The molecule has 0 heterocycles. The van der Waals surface area contributed by atoms with Crippen molar-refractivity contribution >= 4 is 5.91 Å². The molecule has 0 spiro atoms. The van der Waals surface area contributed by atoms with Crippen molar-refractivity contribution in [1.82, 2.24) is 5.32 Å². The number of carbonyl (C=O) groups excluding carboxylic acids is 1. The van der Waals surface area contributed by atoms with E-state index in [-0.39, 0.29) is 12.5 Å². The van der Waals surface area contributed by atoms with Crippen LogP contribution in [0.25, 0.3) is 0 Å². The van der Waals surface area contributed by atoms with Crippen LogP contribution in [-0.4, -0.2) is 46.1 Å². The minimum atomic E-state index is -1.17. The predicted octanol–water partition coefficient (Wildman–Crippen LogP) is 12.4. The summed E-state index contributed by atoms with van der Waals surface area (Å²) in [5.74, 6) is -0.167. The molecule has 0 rings (SSSR count). The van der Waals surface area contributed by atoms with Crippen molar-refractivity contribution in [1.29, 1.82) is 0 Å². The third-order valence-corrected chi connectivity index (χ3v) is 9.94. The first-order valence-corrected chi connectivity index (χ1v) is 21.8. The van der Waals surface area contributed by atoms with Crippen molar-refractivity contribution in [3.8, 4) is 0 Å². The zero-order chi connectivity index (χ0) is 36.6. The number of rotatable bonds is 39. The normalized spacial score (nSPS) is 13.9. The Bertz CT molecular complexity index is 779. The second-order valence-corrected chi connectivity index (χ2v) is 14.9. The van der Waals surface area contributed by atoms with E-state index >= 15 is 0 Å². The van der Waals surface area contributed by atoms with Crippen LogP contribution < -0.4 is 5.32 Å². The average Bonchev–Trinajstić information content (AvgIpc) is 3.12. The molecule has 0 aromatic heterocycles. The average molecular weight is 704 g/mol. The summed E-state index contributed by atoms with van der Waals surface area (Å²) in [5, 5.41) is 33.5. The highest BCUT2D eigenvalue weighted by Gasteiger charge is 2.26. The Morgan fingerprint density at radius 3 is 1.22 bits per heavy atom. The fourth-order valence-electron chi connectivity index (χ4n) is 6.53. The summed E-state index contributed by atoms with van der Waals surface area (Å²) in [5.41, 5.74) is 0. The maximum Gasteiger partial charge on any atom is 0.220 e. The van der Waals surface area contributed by atoms with Gasteiger partial charge in [0.15, 0.2) is 0 Å². The quantitative estimate of drug-likeness (QED) is 0.0379. The van der Waals surface area contributed by atoms with Crippen LogP contribution in [-0.2, 0) is 4.79 Å². The summed E-state index contributed by atoms with van der Waals surface area (Å²) < 4.78 is 0. The van der Waals surface area contributed by atoms with Gasteiger partial charge in [-0.05, 0) is 77.0 Å². The number of aliphatic hydroxyl groups is 3. The van der Waals surface area contributed by atoms with Crippen LogP contribution in [0.2, 0.25) is 0 Å². The molecule has 0 aromatic carbocycles. The fourth-order valence-corrected chi connectivity index (χ4v) is 6.53. The van der Waals surface area contributed by atoms with Crippen molar-refractivity contribution in [2.45, 2.75) is 238 Å². The first-order valence-electron chi connectivity index (χ1n) is 21.8. The molecule has 0 bridgehead atoms. The molecule has 0 fully saturated rings. The van der Waals surface area contributed by atoms with E-state index in [1.807, 2.05) is 0 Å². The van der Waals surface area contributed by atoms with E-state index in [1.54, 1.807) is 0 Å². The molecule has 0 aliphatic carbocycles. The van der Waals surface area contributed by atoms with E-state index in [2.05, 4.69) is 55.6 Å². The third-order valence-electron chi connectivity index (χ3n) is 9.94. The number of unbranched alkanes of at least 4 members (excludes halogenated alkanes) is 25. The fraction of sp³-hybridized carbons (Fsp3) is 0.844. The minimum Gasteiger partial charge on any atom is -0.394 e. The Kier molecular flexibility index (Phi) is 39.2. The lowest BCUT2D eigenvalue weighted by Gasteiger charge is -2.26. The smallest absolute Gasteiger partial charge is 0.220 e. The lowest BCUT2D eigenvalue weighted by Crippen LogP contribution is -2.50. The molecule has 3 atom stereocenters. The number of hydrogen-bond acceptors (Lipinski definition) is 4. The summed E-state index contributed by atoms with van der Waals surface area (Å²) in [4.78, 5) is 12.4. The number of nitrogens with one attached hydrogen (secondary N) is 1. The number of hydrogen-bond donors (Lipinski definition) is 4. The van der Waals surface area contributed by atoms with E-state index in [0.717, 1.165) is 51.4 Å². The topological polar surface area (TPSA) is 89.8 Å². The second kappa shape index (κ2) is 40.3. The minimum absolute atomic E-state index is 0.167. The van der Waals surface area contributed by atoms with Gasteiger partial charge in [-0.15, -0.1) is 0 Å². The monoisotopic (exact) mass is 704 g/mol. The molecule has 0 radical (unpaired) electrons.